The normalized spacial score (nSPS) is 18.1. The van der Waals surface area contributed by atoms with Crippen LogP contribution in [0.5, 0.6) is 0 Å². The molecule has 2 heterocycles. The molecule has 1 fully saturated rings. The zero-order chi connectivity index (χ0) is 39.6. The maximum Gasteiger partial charge on any atom is 0.409 e. The topological polar surface area (TPSA) is 137 Å². The number of aliphatic hydroxyl groups is 1. The maximum atomic E-state index is 14.6. The Bertz CT molecular complexity index is 2020. The summed E-state index contributed by atoms with van der Waals surface area (Å²) in [4.78, 5) is 55.8. The van der Waals surface area contributed by atoms with E-state index in [9.17, 15) is 19.5 Å². The number of aromatic nitrogens is 2. The fourth-order valence-corrected chi connectivity index (χ4v) is 8.23. The smallest absolute Gasteiger partial charge is 0.409 e. The van der Waals surface area contributed by atoms with Crippen LogP contribution < -0.4 is 10.2 Å². The van der Waals surface area contributed by atoms with E-state index in [1.54, 1.807) is 32.9 Å². The van der Waals surface area contributed by atoms with Crippen molar-refractivity contribution >= 4 is 35.5 Å². The minimum absolute atomic E-state index is 0.00216. The predicted octanol–water partition coefficient (Wildman–Crippen LogP) is 6.88. The molecule has 56 heavy (non-hydrogen) atoms. The van der Waals surface area contributed by atoms with Gasteiger partial charge in [0.15, 0.2) is 0 Å². The van der Waals surface area contributed by atoms with Gasteiger partial charge in [0.1, 0.15) is 24.4 Å². The first-order chi connectivity index (χ1) is 26.9. The van der Waals surface area contributed by atoms with E-state index >= 15 is 0 Å². The number of alkyl carbamates (subject to hydrolysis) is 1. The second kappa shape index (κ2) is 16.5. The van der Waals surface area contributed by atoms with E-state index in [-0.39, 0.29) is 44.0 Å². The molecule has 3 amide bonds. The lowest BCUT2D eigenvalue weighted by Crippen LogP contribution is -2.52. The number of piperazine rings is 1. The second-order valence-corrected chi connectivity index (χ2v) is 16.2. The molecule has 2 aliphatic carbocycles. The highest BCUT2D eigenvalue weighted by atomic mass is 35.5. The monoisotopic (exact) mass is 780 g/mol. The molecule has 1 aromatic heterocycles. The van der Waals surface area contributed by atoms with Crippen LogP contribution in [-0.2, 0) is 14.3 Å². The van der Waals surface area contributed by atoms with E-state index < -0.39 is 29.8 Å². The number of hydrogen-bond donors (Lipinski definition) is 2. The minimum Gasteiger partial charge on any atom is -0.448 e. The summed E-state index contributed by atoms with van der Waals surface area (Å²) in [5, 5.41) is 13.8. The molecule has 4 aromatic rings. The lowest BCUT2D eigenvalue weighted by molar-refractivity contribution is -0.133. The average Bonchev–Trinajstić information content (AvgIpc) is 3.67. The lowest BCUT2D eigenvalue weighted by Gasteiger charge is -2.38. The highest BCUT2D eigenvalue weighted by Gasteiger charge is 2.37. The Labute approximate surface area is 332 Å². The molecule has 3 atom stereocenters. The summed E-state index contributed by atoms with van der Waals surface area (Å²) in [6.45, 7) is 9.63. The van der Waals surface area contributed by atoms with Crippen molar-refractivity contribution in [3.8, 4) is 11.1 Å². The molecule has 12 nitrogen and oxygen atoms in total. The van der Waals surface area contributed by atoms with Crippen molar-refractivity contribution in [2.45, 2.75) is 63.6 Å². The Kier molecular flexibility index (Phi) is 11.5. The summed E-state index contributed by atoms with van der Waals surface area (Å²) in [5.74, 6) is -0.113. The Hall–Kier alpha value is -5.20. The number of halogens is 1. The molecule has 294 valence electrons. The van der Waals surface area contributed by atoms with Crippen molar-refractivity contribution in [1.29, 1.82) is 0 Å². The molecular formula is C43H49ClN6O6. The molecule has 0 bridgehead atoms. The highest BCUT2D eigenvalue weighted by Crippen LogP contribution is 2.45. The van der Waals surface area contributed by atoms with Crippen molar-refractivity contribution in [1.82, 2.24) is 25.1 Å². The largest absolute Gasteiger partial charge is 0.448 e. The summed E-state index contributed by atoms with van der Waals surface area (Å²) in [5.41, 5.74) is 6.07. The molecule has 2 N–H and O–H groups in total. The van der Waals surface area contributed by atoms with E-state index in [1.165, 1.54) is 11.2 Å². The third kappa shape index (κ3) is 8.46. The zero-order valence-electron chi connectivity index (χ0n) is 32.3. The highest BCUT2D eigenvalue weighted by molar-refractivity contribution is 6.30. The van der Waals surface area contributed by atoms with Crippen molar-refractivity contribution < 1.29 is 29.0 Å². The Morgan fingerprint density at radius 1 is 0.946 bits per heavy atom. The van der Waals surface area contributed by atoms with Crippen LogP contribution in [0.4, 0.5) is 15.4 Å². The van der Waals surface area contributed by atoms with Crippen LogP contribution >= 0.6 is 11.6 Å². The average molecular weight is 781 g/mol. The van der Waals surface area contributed by atoms with Crippen LogP contribution in [0.15, 0.2) is 79.1 Å². The molecule has 0 radical (unpaired) electrons. The van der Waals surface area contributed by atoms with Gasteiger partial charge in [-0.25, -0.2) is 19.6 Å². The number of aliphatic hydroxyl groups excluding tert-OH is 1. The Balaban J connectivity index is 1.10. The number of rotatable bonds is 10. The zero-order valence-corrected chi connectivity index (χ0v) is 33.0. The maximum absolute atomic E-state index is 14.6. The number of nitrogens with zero attached hydrogens (tertiary/aromatic N) is 5. The van der Waals surface area contributed by atoms with Gasteiger partial charge in [-0.15, -0.1) is 0 Å². The van der Waals surface area contributed by atoms with E-state index in [0.717, 1.165) is 33.6 Å². The van der Waals surface area contributed by atoms with Gasteiger partial charge >= 0.3 is 12.2 Å². The Morgan fingerprint density at radius 2 is 1.59 bits per heavy atom. The summed E-state index contributed by atoms with van der Waals surface area (Å²) in [7, 11) is 0. The molecule has 3 aromatic carbocycles. The summed E-state index contributed by atoms with van der Waals surface area (Å²) in [6.07, 6.45) is 0.299. The summed E-state index contributed by atoms with van der Waals surface area (Å²) < 4.78 is 11.5. The first-order valence-corrected chi connectivity index (χ1v) is 19.6. The fourth-order valence-electron chi connectivity index (χ4n) is 8.10. The standard InChI is InChI=1S/C43H49ClN6O6/c1-27-23-36(51)38-37(27)39(47-26-46-38)48-19-21-49(22-20-48)40(52)34(28-13-15-29(44)16-14-28)24-50(18-17-45-41(53)56-43(2,3)4)42(54)55-25-35-32-11-7-5-9-30(32)31-10-6-8-12-33(31)35/h5-16,26-27,34-36,51H,17-25H2,1-4H3,(H,45,53)/t27-,34-,36-/m1/s1. The van der Waals surface area contributed by atoms with E-state index in [4.69, 9.17) is 21.1 Å². The van der Waals surface area contributed by atoms with Gasteiger partial charge in [0.2, 0.25) is 5.91 Å². The molecular weight excluding hydrogens is 732 g/mol. The van der Waals surface area contributed by atoms with Gasteiger partial charge in [-0.2, -0.15) is 0 Å². The second-order valence-electron chi connectivity index (χ2n) is 15.7. The van der Waals surface area contributed by atoms with Gasteiger partial charge in [-0.3, -0.25) is 4.79 Å². The van der Waals surface area contributed by atoms with Gasteiger partial charge < -0.3 is 34.6 Å². The van der Waals surface area contributed by atoms with Crippen LogP contribution in [-0.4, -0.2) is 101 Å². The third-order valence-electron chi connectivity index (χ3n) is 10.8. The molecule has 0 saturated carbocycles. The Morgan fingerprint density at radius 3 is 2.23 bits per heavy atom. The fraction of sp³-hybridized carbons (Fsp3) is 0.419. The van der Waals surface area contributed by atoms with Crippen LogP contribution in [0, 0.1) is 0 Å². The summed E-state index contributed by atoms with van der Waals surface area (Å²) in [6, 6.07) is 23.4. The quantitative estimate of drug-likeness (QED) is 0.177. The van der Waals surface area contributed by atoms with Crippen LogP contribution in [0.2, 0.25) is 5.02 Å². The van der Waals surface area contributed by atoms with Crippen LogP contribution in [0.25, 0.3) is 11.1 Å². The number of carbonyl (C=O) groups is 3. The molecule has 0 unspecified atom stereocenters. The number of ether oxygens (including phenoxy) is 2. The molecule has 1 aliphatic heterocycles. The molecule has 1 saturated heterocycles. The molecule has 3 aliphatic rings. The third-order valence-corrected chi connectivity index (χ3v) is 11.0. The van der Waals surface area contributed by atoms with Crippen molar-refractivity contribution in [3.05, 3.63) is 112 Å². The number of hydrogen-bond acceptors (Lipinski definition) is 9. The van der Waals surface area contributed by atoms with Gasteiger partial charge in [0.05, 0.1) is 17.7 Å². The number of benzene rings is 3. The van der Waals surface area contributed by atoms with Gasteiger partial charge in [0, 0.05) is 62.3 Å². The van der Waals surface area contributed by atoms with Crippen LogP contribution in [0.3, 0.4) is 0 Å². The predicted molar refractivity (Wildman–Crippen MR) is 214 cm³/mol. The number of anilines is 1. The number of nitrogens with one attached hydrogen (secondary N) is 1. The SMILES string of the molecule is C[C@@H]1C[C@@H](O)c2ncnc(N3CCN(C(=O)[C@H](CN(CCNC(=O)OC(C)(C)C)C(=O)OCC4c5ccccc5-c5ccccc54)c4ccc(Cl)cc4)CC3)c21. The van der Waals surface area contributed by atoms with E-state index in [1.807, 2.05) is 41.3 Å². The van der Waals surface area contributed by atoms with Crippen molar-refractivity contribution in [2.24, 2.45) is 0 Å². The van der Waals surface area contributed by atoms with Crippen molar-refractivity contribution in [2.75, 3.05) is 57.3 Å². The van der Waals surface area contributed by atoms with E-state index in [0.29, 0.717) is 48.9 Å². The molecule has 7 rings (SSSR count). The first-order valence-electron chi connectivity index (χ1n) is 19.3. The number of carbonyl (C=O) groups excluding carboxylic acids is 3. The molecule has 0 spiro atoms. The van der Waals surface area contributed by atoms with Gasteiger partial charge in [-0.1, -0.05) is 79.2 Å². The van der Waals surface area contributed by atoms with Crippen molar-refractivity contribution in [3.63, 3.8) is 0 Å². The number of amides is 3. The first kappa shape index (κ1) is 39.1. The lowest BCUT2D eigenvalue weighted by atomic mass is 9.96. The van der Waals surface area contributed by atoms with Crippen LogP contribution in [0.1, 0.15) is 85.9 Å². The summed E-state index contributed by atoms with van der Waals surface area (Å²) >= 11 is 6.29. The number of fused-ring (bicyclic) bond motifs is 4. The van der Waals surface area contributed by atoms with Gasteiger partial charge in [0.25, 0.3) is 0 Å². The van der Waals surface area contributed by atoms with Gasteiger partial charge in [-0.05, 0) is 73.1 Å². The molecule has 13 heteroatoms. The minimum atomic E-state index is -0.751. The van der Waals surface area contributed by atoms with E-state index in [2.05, 4.69) is 51.4 Å².